The number of hydrogen-bond donors (Lipinski definition) is 3. The van der Waals surface area contributed by atoms with Gasteiger partial charge in [-0.05, 0) is 53.3 Å². The van der Waals surface area contributed by atoms with Crippen LogP contribution in [0.4, 0.5) is 5.69 Å². The highest BCUT2D eigenvalue weighted by Crippen LogP contribution is 2.39. The molecule has 4 N–H and O–H groups in total. The van der Waals surface area contributed by atoms with Crippen LogP contribution in [0.2, 0.25) is 0 Å². The van der Waals surface area contributed by atoms with Crippen LogP contribution in [-0.4, -0.2) is 19.8 Å². The number of nitrogens with zero attached hydrogens (tertiary/aromatic N) is 2. The predicted molar refractivity (Wildman–Crippen MR) is 110 cm³/mol. The molecule has 3 rings (SSSR count). The van der Waals surface area contributed by atoms with Crippen molar-refractivity contribution in [1.29, 1.82) is 0 Å². The molecule has 0 bridgehead atoms. The van der Waals surface area contributed by atoms with E-state index in [0.717, 1.165) is 50.5 Å². The van der Waals surface area contributed by atoms with Crippen LogP contribution in [-0.2, 0) is 6.54 Å². The summed E-state index contributed by atoms with van der Waals surface area (Å²) < 4.78 is 3.05. The van der Waals surface area contributed by atoms with Gasteiger partial charge in [0.25, 0.3) is 0 Å². The number of unbranched alkanes of at least 4 members (excludes halogenated alkanes) is 2. The van der Waals surface area contributed by atoms with Gasteiger partial charge in [-0.2, -0.15) is 0 Å². The summed E-state index contributed by atoms with van der Waals surface area (Å²) in [6.07, 6.45) is 3.38. The fourth-order valence-corrected chi connectivity index (χ4v) is 4.41. The molecule has 0 saturated carbocycles. The van der Waals surface area contributed by atoms with Gasteiger partial charge in [0.2, 0.25) is 0 Å². The van der Waals surface area contributed by atoms with Crippen molar-refractivity contribution < 1.29 is 10.2 Å². The van der Waals surface area contributed by atoms with Gasteiger partial charge in [-0.15, -0.1) is 0 Å². The largest absolute Gasteiger partial charge is 0.504 e. The number of anilines is 1. The Kier molecular flexibility index (Phi) is 5.63. The topological polar surface area (TPSA) is 84.3 Å². The van der Waals surface area contributed by atoms with E-state index in [1.54, 1.807) is 12.1 Å². The average Bonchev–Trinajstić information content (AvgIpc) is 2.92. The molecule has 0 saturated heterocycles. The fourth-order valence-electron chi connectivity index (χ4n) is 2.67. The van der Waals surface area contributed by atoms with E-state index in [2.05, 4.69) is 34.1 Å². The molecule has 0 aliphatic rings. The lowest BCUT2D eigenvalue weighted by Crippen LogP contribution is -2.00. The van der Waals surface area contributed by atoms with Crippen molar-refractivity contribution in [2.45, 2.75) is 42.8 Å². The van der Waals surface area contributed by atoms with Gasteiger partial charge in [-0.3, -0.25) is 0 Å². The maximum Gasteiger partial charge on any atom is 0.174 e. The van der Waals surface area contributed by atoms with Crippen LogP contribution in [0.15, 0.2) is 40.4 Å². The van der Waals surface area contributed by atoms with E-state index in [0.29, 0.717) is 5.69 Å². The number of phenolic OH excluding ortho intramolecular Hbond substituents is 2. The standard InChI is InChI=1S/C18H20IN3O2S/c1-2-3-4-8-22-13-7-5-6-12(20)17(13)21-18(22)25-16-10-15(24)14(23)9-11(16)19/h5-7,9-10,23-24H,2-4,8,20H2,1H3. The van der Waals surface area contributed by atoms with Crippen LogP contribution in [0.25, 0.3) is 11.0 Å². The van der Waals surface area contributed by atoms with E-state index < -0.39 is 0 Å². The molecule has 132 valence electrons. The molecule has 0 amide bonds. The molecule has 3 aromatic rings. The van der Waals surface area contributed by atoms with E-state index in [4.69, 9.17) is 10.7 Å². The minimum absolute atomic E-state index is 0.116. The second kappa shape index (κ2) is 7.74. The number of hydrogen-bond acceptors (Lipinski definition) is 5. The highest BCUT2D eigenvalue weighted by Gasteiger charge is 2.16. The summed E-state index contributed by atoms with van der Waals surface area (Å²) in [4.78, 5) is 5.58. The monoisotopic (exact) mass is 469 g/mol. The first-order valence-corrected chi connectivity index (χ1v) is 10.0. The third kappa shape index (κ3) is 3.82. The van der Waals surface area contributed by atoms with Crippen LogP contribution in [0.1, 0.15) is 26.2 Å². The maximum atomic E-state index is 9.82. The number of aryl methyl sites for hydroxylation is 1. The van der Waals surface area contributed by atoms with E-state index >= 15 is 0 Å². The number of rotatable bonds is 6. The second-order valence-corrected chi connectivity index (χ2v) is 8.01. The number of aromatic hydroxyl groups is 2. The number of para-hydroxylation sites is 1. The number of imidazole rings is 1. The Labute approximate surface area is 164 Å². The van der Waals surface area contributed by atoms with Crippen LogP contribution >= 0.6 is 34.4 Å². The third-order valence-electron chi connectivity index (χ3n) is 3.99. The summed E-state index contributed by atoms with van der Waals surface area (Å²) in [7, 11) is 0. The van der Waals surface area contributed by atoms with Gasteiger partial charge < -0.3 is 20.5 Å². The van der Waals surface area contributed by atoms with Crippen molar-refractivity contribution in [3.05, 3.63) is 33.9 Å². The fraction of sp³-hybridized carbons (Fsp3) is 0.278. The lowest BCUT2D eigenvalue weighted by molar-refractivity contribution is 0.402. The number of halogens is 1. The molecule has 2 aromatic carbocycles. The summed E-state index contributed by atoms with van der Waals surface area (Å²) in [5, 5.41) is 20.3. The van der Waals surface area contributed by atoms with Gasteiger partial charge in [0.1, 0.15) is 5.52 Å². The molecular formula is C18H20IN3O2S. The highest BCUT2D eigenvalue weighted by atomic mass is 127. The summed E-state index contributed by atoms with van der Waals surface area (Å²) in [5.41, 5.74) is 8.59. The predicted octanol–water partition coefficient (Wildman–Crippen LogP) is 4.98. The first-order chi connectivity index (χ1) is 12.0. The van der Waals surface area contributed by atoms with Gasteiger partial charge in [-0.25, -0.2) is 4.98 Å². The molecule has 0 unspecified atom stereocenters. The molecule has 0 atom stereocenters. The quantitative estimate of drug-likeness (QED) is 0.205. The molecule has 1 aromatic heterocycles. The number of benzene rings is 2. The lowest BCUT2D eigenvalue weighted by Gasteiger charge is -2.10. The normalized spacial score (nSPS) is 11.3. The summed E-state index contributed by atoms with van der Waals surface area (Å²) in [5.74, 6) is -0.245. The van der Waals surface area contributed by atoms with Crippen molar-refractivity contribution in [2.24, 2.45) is 0 Å². The number of fused-ring (bicyclic) bond motifs is 1. The van der Waals surface area contributed by atoms with Crippen molar-refractivity contribution in [3.63, 3.8) is 0 Å². The molecular weight excluding hydrogens is 449 g/mol. The highest BCUT2D eigenvalue weighted by molar-refractivity contribution is 14.1. The Balaban J connectivity index is 2.04. The van der Waals surface area contributed by atoms with E-state index in [1.807, 2.05) is 18.2 Å². The van der Waals surface area contributed by atoms with Gasteiger partial charge >= 0.3 is 0 Å². The lowest BCUT2D eigenvalue weighted by atomic mass is 10.2. The van der Waals surface area contributed by atoms with Gasteiger partial charge in [0, 0.05) is 15.0 Å². The molecule has 0 aliphatic carbocycles. The minimum Gasteiger partial charge on any atom is -0.504 e. The Morgan fingerprint density at radius 2 is 1.96 bits per heavy atom. The van der Waals surface area contributed by atoms with Crippen LogP contribution in [0.5, 0.6) is 11.5 Å². The van der Waals surface area contributed by atoms with Crippen LogP contribution in [0.3, 0.4) is 0 Å². The molecule has 0 fully saturated rings. The molecule has 0 aliphatic heterocycles. The van der Waals surface area contributed by atoms with Crippen molar-refractivity contribution in [2.75, 3.05) is 5.73 Å². The average molecular weight is 469 g/mol. The van der Waals surface area contributed by atoms with Crippen molar-refractivity contribution in [1.82, 2.24) is 9.55 Å². The number of aromatic nitrogens is 2. The Morgan fingerprint density at radius 1 is 1.20 bits per heavy atom. The SMILES string of the molecule is CCCCCn1c(Sc2cc(O)c(O)cc2I)nc2c(N)cccc21. The Hall–Kier alpha value is -1.61. The zero-order chi connectivity index (χ0) is 18.0. The third-order valence-corrected chi connectivity index (χ3v) is 6.30. The summed E-state index contributed by atoms with van der Waals surface area (Å²) in [6.45, 7) is 3.05. The van der Waals surface area contributed by atoms with E-state index in [9.17, 15) is 10.2 Å². The number of nitrogens with two attached hydrogens (primary N) is 1. The molecule has 0 spiro atoms. The molecule has 7 heteroatoms. The second-order valence-electron chi connectivity index (χ2n) is 5.84. The summed E-state index contributed by atoms with van der Waals surface area (Å²) >= 11 is 3.62. The first kappa shape index (κ1) is 18.2. The Bertz CT molecular complexity index is 911. The van der Waals surface area contributed by atoms with Crippen molar-refractivity contribution in [3.8, 4) is 11.5 Å². The van der Waals surface area contributed by atoms with Crippen LogP contribution < -0.4 is 5.73 Å². The molecule has 0 radical (unpaired) electrons. The van der Waals surface area contributed by atoms with E-state index in [1.165, 1.54) is 11.8 Å². The zero-order valence-electron chi connectivity index (χ0n) is 13.9. The molecule has 25 heavy (non-hydrogen) atoms. The smallest absolute Gasteiger partial charge is 0.174 e. The van der Waals surface area contributed by atoms with Crippen LogP contribution in [0, 0.1) is 3.57 Å². The van der Waals surface area contributed by atoms with Gasteiger partial charge in [-0.1, -0.05) is 37.6 Å². The zero-order valence-corrected chi connectivity index (χ0v) is 16.8. The Morgan fingerprint density at radius 3 is 2.72 bits per heavy atom. The molecule has 1 heterocycles. The maximum absolute atomic E-state index is 9.82. The van der Waals surface area contributed by atoms with E-state index in [-0.39, 0.29) is 11.5 Å². The first-order valence-electron chi connectivity index (χ1n) is 8.15. The molecule has 5 nitrogen and oxygen atoms in total. The minimum atomic E-state index is -0.129. The van der Waals surface area contributed by atoms with Gasteiger partial charge in [0.15, 0.2) is 16.7 Å². The number of nitrogen functional groups attached to an aromatic ring is 1. The van der Waals surface area contributed by atoms with Crippen molar-refractivity contribution >= 4 is 51.1 Å². The van der Waals surface area contributed by atoms with Gasteiger partial charge in [0.05, 0.1) is 11.2 Å². The summed E-state index contributed by atoms with van der Waals surface area (Å²) in [6, 6.07) is 8.96. The number of phenols is 2.